The van der Waals surface area contributed by atoms with E-state index < -0.39 is 20.0 Å². The van der Waals surface area contributed by atoms with Crippen LogP contribution in [-0.2, 0) is 27.9 Å². The number of ether oxygens (including phenoxy) is 1. The molecule has 2 N–H and O–H groups in total. The summed E-state index contributed by atoms with van der Waals surface area (Å²) in [5, 5.41) is 3.06. The van der Waals surface area contributed by atoms with Gasteiger partial charge in [-0.05, 0) is 89.5 Å². The molecule has 0 aliphatic rings. The number of hydrogen-bond donors (Lipinski definition) is 2. The van der Waals surface area contributed by atoms with Crippen LogP contribution in [0.5, 0.6) is 0 Å². The van der Waals surface area contributed by atoms with E-state index in [-0.39, 0.29) is 31.5 Å². The Morgan fingerprint density at radius 1 is 0.473 bits per heavy atom. The molecule has 3 atom stereocenters. The first-order valence-corrected chi connectivity index (χ1v) is 33.0. The second-order valence-corrected chi connectivity index (χ2v) is 24.0. The van der Waals surface area contributed by atoms with E-state index in [9.17, 15) is 19.0 Å². The lowest BCUT2D eigenvalue weighted by molar-refractivity contribution is -0.870. The molecule has 0 aliphatic carbocycles. The SMILES string of the molecule is CCCCC/C=C\C/C=C\CCCCCCCCCCCCCC(=O)OC(/C=C\CCCCCCCCCCCC)C(COP(=O)(O)OCC[N+](C)(C)C)NC(=O)CCCCCCCCC/C=C\CCCCCC. The molecule has 9 nitrogen and oxygen atoms in total. The highest BCUT2D eigenvalue weighted by molar-refractivity contribution is 7.47. The fourth-order valence-electron chi connectivity index (χ4n) is 9.08. The second kappa shape index (κ2) is 54.3. The number of likely N-dealkylation sites (N-methyl/N-ethyl adjacent to an activating group) is 1. The predicted octanol–water partition coefficient (Wildman–Crippen LogP) is 19.3. The van der Waals surface area contributed by atoms with E-state index >= 15 is 0 Å². The van der Waals surface area contributed by atoms with Crippen LogP contribution in [0, 0.1) is 0 Å². The minimum absolute atomic E-state index is 0.0396. The summed E-state index contributed by atoms with van der Waals surface area (Å²) in [5.41, 5.74) is 0. The van der Waals surface area contributed by atoms with Crippen molar-refractivity contribution in [2.45, 2.75) is 309 Å². The average molecular weight is 1060 g/mol. The summed E-state index contributed by atoms with van der Waals surface area (Å²) < 4.78 is 30.7. The van der Waals surface area contributed by atoms with Crippen LogP contribution in [0.15, 0.2) is 48.6 Å². The molecule has 3 unspecified atom stereocenters. The molecular weight excluding hydrogens is 940 g/mol. The highest BCUT2D eigenvalue weighted by Gasteiger charge is 2.30. The Morgan fingerprint density at radius 3 is 1.27 bits per heavy atom. The van der Waals surface area contributed by atoms with Crippen molar-refractivity contribution < 1.29 is 37.3 Å². The van der Waals surface area contributed by atoms with Crippen LogP contribution in [0.1, 0.15) is 297 Å². The summed E-state index contributed by atoms with van der Waals surface area (Å²) in [6.07, 6.45) is 66.7. The molecule has 0 aliphatic heterocycles. The quantitative estimate of drug-likeness (QED) is 0.0205. The molecule has 0 saturated heterocycles. The zero-order chi connectivity index (χ0) is 54.3. The summed E-state index contributed by atoms with van der Waals surface area (Å²) >= 11 is 0. The van der Waals surface area contributed by atoms with Gasteiger partial charge in [-0.1, -0.05) is 243 Å². The normalized spacial score (nSPS) is 14.0. The summed E-state index contributed by atoms with van der Waals surface area (Å²) in [6.45, 7) is 6.99. The minimum atomic E-state index is -4.45. The van der Waals surface area contributed by atoms with Crippen LogP contribution in [0.25, 0.3) is 0 Å². The Bertz CT molecular complexity index is 1410. The monoisotopic (exact) mass is 1060 g/mol. The number of unbranched alkanes of at least 4 members (excludes halogenated alkanes) is 35. The van der Waals surface area contributed by atoms with Gasteiger partial charge in [0.1, 0.15) is 19.3 Å². The van der Waals surface area contributed by atoms with Crippen LogP contribution in [-0.4, -0.2) is 74.3 Å². The van der Waals surface area contributed by atoms with Gasteiger partial charge in [-0.15, -0.1) is 0 Å². The number of allylic oxidation sites excluding steroid dienone is 7. The minimum Gasteiger partial charge on any atom is -0.456 e. The van der Waals surface area contributed by atoms with Crippen molar-refractivity contribution in [3.05, 3.63) is 48.6 Å². The first-order valence-electron chi connectivity index (χ1n) is 31.5. The first kappa shape index (κ1) is 72.0. The van der Waals surface area contributed by atoms with Crippen LogP contribution < -0.4 is 5.32 Å². The highest BCUT2D eigenvalue weighted by atomic mass is 31.2. The molecule has 0 rings (SSSR count). The first-order chi connectivity index (χ1) is 35.9. The van der Waals surface area contributed by atoms with Gasteiger partial charge < -0.3 is 19.4 Å². The highest BCUT2D eigenvalue weighted by Crippen LogP contribution is 2.43. The Balaban J connectivity index is 5.21. The van der Waals surface area contributed by atoms with E-state index in [0.29, 0.717) is 17.4 Å². The Labute approximate surface area is 458 Å². The number of amides is 1. The largest absolute Gasteiger partial charge is 0.472 e. The Kier molecular flexibility index (Phi) is 52.8. The summed E-state index contributed by atoms with van der Waals surface area (Å²) in [4.78, 5) is 37.7. The predicted molar refractivity (Wildman–Crippen MR) is 319 cm³/mol. The molecular formula is C64H122N2O7P+. The van der Waals surface area contributed by atoms with Crippen molar-refractivity contribution in [2.24, 2.45) is 0 Å². The van der Waals surface area contributed by atoms with Crippen LogP contribution in [0.3, 0.4) is 0 Å². The molecule has 0 bridgehead atoms. The molecule has 74 heavy (non-hydrogen) atoms. The van der Waals surface area contributed by atoms with E-state index in [2.05, 4.69) is 62.5 Å². The van der Waals surface area contributed by atoms with Gasteiger partial charge in [-0.2, -0.15) is 0 Å². The number of carbonyl (C=O) groups excluding carboxylic acids is 2. The van der Waals surface area contributed by atoms with Crippen molar-refractivity contribution in [3.63, 3.8) is 0 Å². The van der Waals surface area contributed by atoms with E-state index in [4.69, 9.17) is 13.8 Å². The number of esters is 1. The maximum Gasteiger partial charge on any atom is 0.472 e. The number of hydrogen-bond acceptors (Lipinski definition) is 6. The van der Waals surface area contributed by atoms with Gasteiger partial charge in [0.15, 0.2) is 0 Å². The van der Waals surface area contributed by atoms with E-state index in [1.165, 1.54) is 186 Å². The van der Waals surface area contributed by atoms with E-state index in [1.807, 2.05) is 33.3 Å². The lowest BCUT2D eigenvalue weighted by atomic mass is 10.0. The molecule has 0 radical (unpaired) electrons. The van der Waals surface area contributed by atoms with Crippen LogP contribution >= 0.6 is 7.82 Å². The topological polar surface area (TPSA) is 111 Å². The third-order valence-electron chi connectivity index (χ3n) is 14.0. The van der Waals surface area contributed by atoms with Crippen LogP contribution in [0.4, 0.5) is 0 Å². The molecule has 1 amide bonds. The zero-order valence-electron chi connectivity index (χ0n) is 49.6. The molecule has 434 valence electrons. The van der Waals surface area contributed by atoms with Crippen molar-refractivity contribution in [1.29, 1.82) is 0 Å². The standard InChI is InChI=1S/C64H121N2O7P/c1-7-10-13-16-19-22-25-28-30-31-32-33-34-35-37-39-42-45-48-51-54-57-64(68)73-62(55-52-49-46-43-40-27-24-21-18-15-12-9-3)61(60-72-74(69,70)71-59-58-66(4,5)6)65-63(67)56-53-50-47-44-41-38-36-29-26-23-20-17-14-11-8-2/h19,22-23,26,28,30,52,55,61-62H,7-18,20-21,24-25,27,29,31-51,53-54,56-60H2,1-6H3,(H-,65,67,69,70)/p+1/b22-19-,26-23-,30-28-,55-52-. The van der Waals surface area contributed by atoms with Gasteiger partial charge >= 0.3 is 13.8 Å². The number of nitrogens with zero attached hydrogens (tertiary/aromatic N) is 1. The van der Waals surface area contributed by atoms with E-state index in [1.54, 1.807) is 0 Å². The molecule has 10 heteroatoms. The van der Waals surface area contributed by atoms with Gasteiger partial charge in [0.25, 0.3) is 0 Å². The van der Waals surface area contributed by atoms with Gasteiger partial charge in [0, 0.05) is 12.8 Å². The number of rotatable bonds is 57. The van der Waals surface area contributed by atoms with Gasteiger partial charge in [0.2, 0.25) is 5.91 Å². The summed E-state index contributed by atoms with van der Waals surface area (Å²) in [7, 11) is 1.50. The maximum absolute atomic E-state index is 13.5. The van der Waals surface area contributed by atoms with Crippen molar-refractivity contribution in [3.8, 4) is 0 Å². The number of nitrogens with one attached hydrogen (secondary N) is 1. The number of phosphoric acid groups is 1. The number of quaternary nitrogens is 1. The molecule has 0 spiro atoms. The molecule has 0 saturated carbocycles. The lowest BCUT2D eigenvalue weighted by Crippen LogP contribution is -2.47. The fourth-order valence-corrected chi connectivity index (χ4v) is 9.82. The Morgan fingerprint density at radius 2 is 0.824 bits per heavy atom. The number of phosphoric ester groups is 1. The smallest absolute Gasteiger partial charge is 0.456 e. The fraction of sp³-hybridized carbons (Fsp3) is 0.844. The molecule has 0 aromatic carbocycles. The maximum atomic E-state index is 13.5. The van der Waals surface area contributed by atoms with Gasteiger partial charge in [-0.25, -0.2) is 4.57 Å². The molecule has 0 aromatic rings. The van der Waals surface area contributed by atoms with Crippen molar-refractivity contribution >= 4 is 19.7 Å². The lowest BCUT2D eigenvalue weighted by Gasteiger charge is -2.27. The molecule has 0 aromatic heterocycles. The van der Waals surface area contributed by atoms with Crippen molar-refractivity contribution in [2.75, 3.05) is 40.9 Å². The Hall–Kier alpha value is -2.03. The van der Waals surface area contributed by atoms with Crippen LogP contribution in [0.2, 0.25) is 0 Å². The van der Waals surface area contributed by atoms with E-state index in [0.717, 1.165) is 77.0 Å². The second-order valence-electron chi connectivity index (χ2n) is 22.6. The van der Waals surface area contributed by atoms with Gasteiger partial charge in [0.05, 0.1) is 33.8 Å². The average Bonchev–Trinajstić information content (AvgIpc) is 3.36. The third kappa shape index (κ3) is 54.7. The summed E-state index contributed by atoms with van der Waals surface area (Å²) in [6, 6.07) is -0.850. The number of carbonyl (C=O) groups is 2. The summed E-state index contributed by atoms with van der Waals surface area (Å²) in [5.74, 6) is -0.504. The zero-order valence-corrected chi connectivity index (χ0v) is 50.5. The molecule has 0 heterocycles. The van der Waals surface area contributed by atoms with Gasteiger partial charge in [-0.3, -0.25) is 18.6 Å². The van der Waals surface area contributed by atoms with Crippen molar-refractivity contribution in [1.82, 2.24) is 5.32 Å². The third-order valence-corrected chi connectivity index (χ3v) is 15.0. The molecule has 0 fully saturated rings.